The van der Waals surface area contributed by atoms with Gasteiger partial charge in [-0.1, -0.05) is 18.0 Å². The molecule has 0 aliphatic carbocycles. The fraction of sp³-hybridized carbons (Fsp3) is 0.269. The number of benzene rings is 1. The number of hydrogen-bond donors (Lipinski definition) is 3. The predicted octanol–water partition coefficient (Wildman–Crippen LogP) is 4.51. The summed E-state index contributed by atoms with van der Waals surface area (Å²) in [6.45, 7) is 4.16. The first-order valence-electron chi connectivity index (χ1n) is 12.5. The smallest absolute Gasteiger partial charge is 0.333 e. The van der Waals surface area contributed by atoms with Gasteiger partial charge < -0.3 is 15.5 Å². The zero-order chi connectivity index (χ0) is 27.4. The van der Waals surface area contributed by atoms with Crippen molar-refractivity contribution in [2.24, 2.45) is 0 Å². The molecule has 3 N–H and O–H groups in total. The van der Waals surface area contributed by atoms with Gasteiger partial charge in [-0.25, -0.2) is 22.9 Å². The number of rotatable bonds is 8. The molecule has 39 heavy (non-hydrogen) atoms. The Bertz CT molecular complexity index is 1650. The molecule has 5 rings (SSSR count). The van der Waals surface area contributed by atoms with E-state index in [4.69, 9.17) is 11.6 Å². The van der Waals surface area contributed by atoms with E-state index in [1.165, 1.54) is 48.2 Å². The standard InChI is InChI=1S/C26H27ClN6O4S2/c27-22-7-9-24(38-22)39(36,37)31-26(35)30-20-5-8-23(29-17-20)33-14-10-18-16-19(4-6-21(18)25(33)34)28-11-15-32-12-2-1-3-13-32/h4-10,14,16-17,28H,1-3,11-13,15H2,(H2,30,31,35). The number of aromatic nitrogens is 2. The van der Waals surface area contributed by atoms with Gasteiger partial charge in [-0.2, -0.15) is 0 Å². The number of piperidine rings is 1. The summed E-state index contributed by atoms with van der Waals surface area (Å²) in [7, 11) is -4.05. The molecular formula is C26H27ClN6O4S2. The topological polar surface area (TPSA) is 125 Å². The summed E-state index contributed by atoms with van der Waals surface area (Å²) in [5, 5.41) is 7.25. The predicted molar refractivity (Wildman–Crippen MR) is 155 cm³/mol. The Kier molecular flexibility index (Phi) is 8.17. The molecule has 0 spiro atoms. The van der Waals surface area contributed by atoms with E-state index >= 15 is 0 Å². The monoisotopic (exact) mass is 586 g/mol. The van der Waals surface area contributed by atoms with E-state index in [1.54, 1.807) is 18.3 Å². The van der Waals surface area contributed by atoms with Gasteiger partial charge in [0.25, 0.3) is 15.6 Å². The van der Waals surface area contributed by atoms with E-state index in [1.807, 2.05) is 22.9 Å². The molecule has 0 unspecified atom stereocenters. The summed E-state index contributed by atoms with van der Waals surface area (Å²) < 4.78 is 28.1. The van der Waals surface area contributed by atoms with Gasteiger partial charge in [-0.05, 0) is 79.8 Å². The molecule has 0 atom stereocenters. The number of carbonyl (C=O) groups is 1. The van der Waals surface area contributed by atoms with E-state index in [-0.39, 0.29) is 15.5 Å². The quantitative estimate of drug-likeness (QED) is 0.277. The highest BCUT2D eigenvalue weighted by atomic mass is 35.5. The van der Waals surface area contributed by atoms with Crippen LogP contribution in [0.4, 0.5) is 16.2 Å². The summed E-state index contributed by atoms with van der Waals surface area (Å²) >= 11 is 6.62. The van der Waals surface area contributed by atoms with Crippen molar-refractivity contribution in [3.8, 4) is 5.82 Å². The molecule has 4 heterocycles. The Balaban J connectivity index is 1.23. The van der Waals surface area contributed by atoms with Crippen molar-refractivity contribution in [2.75, 3.05) is 36.8 Å². The summed E-state index contributed by atoms with van der Waals surface area (Å²) in [5.41, 5.74) is 0.997. The molecule has 1 saturated heterocycles. The molecule has 0 radical (unpaired) electrons. The molecule has 0 bridgehead atoms. The third-order valence-corrected chi connectivity index (χ3v) is 9.46. The molecule has 13 heteroatoms. The first kappa shape index (κ1) is 27.1. The Morgan fingerprint density at radius 3 is 2.54 bits per heavy atom. The minimum Gasteiger partial charge on any atom is -0.384 e. The van der Waals surface area contributed by atoms with Crippen molar-refractivity contribution in [3.05, 3.63) is 75.6 Å². The number of halogens is 1. The normalized spacial score (nSPS) is 14.3. The number of amides is 2. The fourth-order valence-corrected chi connectivity index (χ4v) is 6.84. The number of carbonyl (C=O) groups excluding carboxylic acids is 1. The van der Waals surface area contributed by atoms with Crippen LogP contribution in [-0.4, -0.2) is 55.1 Å². The highest BCUT2D eigenvalue weighted by Gasteiger charge is 2.20. The Morgan fingerprint density at radius 1 is 1.03 bits per heavy atom. The van der Waals surface area contributed by atoms with Crippen LogP contribution in [0.15, 0.2) is 69.9 Å². The fourth-order valence-electron chi connectivity index (χ4n) is 4.45. The van der Waals surface area contributed by atoms with Crippen LogP contribution in [0.25, 0.3) is 16.6 Å². The molecule has 10 nitrogen and oxygen atoms in total. The number of sulfonamides is 1. The lowest BCUT2D eigenvalue weighted by molar-refractivity contribution is 0.237. The van der Waals surface area contributed by atoms with Crippen molar-refractivity contribution < 1.29 is 13.2 Å². The van der Waals surface area contributed by atoms with E-state index in [0.717, 1.165) is 48.6 Å². The SMILES string of the molecule is O=C(Nc1ccc(-n2ccc3cc(NCCN4CCCCC4)ccc3c2=O)nc1)NS(=O)(=O)c1ccc(Cl)s1. The summed E-state index contributed by atoms with van der Waals surface area (Å²) in [6, 6.07) is 12.4. The second-order valence-electron chi connectivity index (χ2n) is 9.15. The van der Waals surface area contributed by atoms with Crippen LogP contribution in [0.3, 0.4) is 0 Å². The lowest BCUT2D eigenvalue weighted by Crippen LogP contribution is -2.34. The third-order valence-electron chi connectivity index (χ3n) is 6.40. The number of urea groups is 1. The van der Waals surface area contributed by atoms with Crippen LogP contribution in [0.2, 0.25) is 4.34 Å². The Labute approximate surface area is 234 Å². The molecule has 1 aliphatic heterocycles. The zero-order valence-corrected chi connectivity index (χ0v) is 23.3. The minimum absolute atomic E-state index is 0.0767. The van der Waals surface area contributed by atoms with Crippen molar-refractivity contribution in [1.82, 2.24) is 19.2 Å². The van der Waals surface area contributed by atoms with Gasteiger partial charge in [0.05, 0.1) is 16.2 Å². The molecule has 1 fully saturated rings. The molecule has 204 valence electrons. The average molecular weight is 587 g/mol. The Hall–Kier alpha value is -3.45. The van der Waals surface area contributed by atoms with Crippen LogP contribution < -0.4 is 20.9 Å². The molecule has 0 saturated carbocycles. The lowest BCUT2D eigenvalue weighted by Gasteiger charge is -2.26. The molecule has 3 aromatic heterocycles. The van der Waals surface area contributed by atoms with Gasteiger partial charge in [0.15, 0.2) is 0 Å². The summed E-state index contributed by atoms with van der Waals surface area (Å²) in [4.78, 5) is 32.1. The summed E-state index contributed by atoms with van der Waals surface area (Å²) in [5.74, 6) is 0.359. The number of thiophene rings is 1. The van der Waals surface area contributed by atoms with Crippen LogP contribution >= 0.6 is 22.9 Å². The lowest BCUT2D eigenvalue weighted by atomic mass is 10.1. The highest BCUT2D eigenvalue weighted by Crippen LogP contribution is 2.25. The maximum absolute atomic E-state index is 13.2. The van der Waals surface area contributed by atoms with Crippen LogP contribution in [-0.2, 0) is 10.0 Å². The molecule has 2 amide bonds. The number of nitrogens with zero attached hydrogens (tertiary/aromatic N) is 3. The number of nitrogens with one attached hydrogen (secondary N) is 3. The van der Waals surface area contributed by atoms with E-state index in [9.17, 15) is 18.0 Å². The van der Waals surface area contributed by atoms with Crippen molar-refractivity contribution in [2.45, 2.75) is 23.5 Å². The minimum atomic E-state index is -4.05. The number of anilines is 2. The average Bonchev–Trinajstić information content (AvgIpc) is 3.37. The summed E-state index contributed by atoms with van der Waals surface area (Å²) in [6.07, 6.45) is 6.85. The van der Waals surface area contributed by atoms with E-state index in [0.29, 0.717) is 15.5 Å². The van der Waals surface area contributed by atoms with Crippen molar-refractivity contribution in [1.29, 1.82) is 0 Å². The second kappa shape index (κ2) is 11.7. The molecule has 1 aromatic carbocycles. The van der Waals surface area contributed by atoms with Crippen LogP contribution in [0.5, 0.6) is 0 Å². The maximum atomic E-state index is 13.2. The van der Waals surface area contributed by atoms with Gasteiger partial charge in [-0.3, -0.25) is 9.36 Å². The zero-order valence-electron chi connectivity index (χ0n) is 20.9. The van der Waals surface area contributed by atoms with Crippen LogP contribution in [0.1, 0.15) is 19.3 Å². The first-order valence-corrected chi connectivity index (χ1v) is 15.1. The second-order valence-corrected chi connectivity index (χ2v) is 12.8. The number of likely N-dealkylation sites (tertiary alicyclic amines) is 1. The van der Waals surface area contributed by atoms with E-state index in [2.05, 4.69) is 20.5 Å². The maximum Gasteiger partial charge on any atom is 0.333 e. The van der Waals surface area contributed by atoms with Crippen molar-refractivity contribution in [3.63, 3.8) is 0 Å². The first-order chi connectivity index (χ1) is 18.8. The van der Waals surface area contributed by atoms with Gasteiger partial charge in [0.1, 0.15) is 10.0 Å². The third kappa shape index (κ3) is 6.59. The van der Waals surface area contributed by atoms with Gasteiger partial charge in [0, 0.05) is 30.4 Å². The van der Waals surface area contributed by atoms with Crippen LogP contribution in [0, 0.1) is 0 Å². The number of fused-ring (bicyclic) bond motifs is 1. The van der Waals surface area contributed by atoms with Gasteiger partial charge in [-0.15, -0.1) is 11.3 Å². The number of pyridine rings is 2. The molecule has 4 aromatic rings. The highest BCUT2D eigenvalue weighted by molar-refractivity contribution is 7.92. The van der Waals surface area contributed by atoms with Crippen molar-refractivity contribution >= 4 is 61.1 Å². The molecule has 1 aliphatic rings. The van der Waals surface area contributed by atoms with E-state index < -0.39 is 16.1 Å². The van der Waals surface area contributed by atoms with Gasteiger partial charge in [0.2, 0.25) is 0 Å². The Morgan fingerprint density at radius 2 is 1.82 bits per heavy atom. The van der Waals surface area contributed by atoms with Gasteiger partial charge >= 0.3 is 6.03 Å². The molecular weight excluding hydrogens is 560 g/mol. The number of hydrogen-bond acceptors (Lipinski definition) is 8. The largest absolute Gasteiger partial charge is 0.384 e.